The van der Waals surface area contributed by atoms with E-state index >= 15 is 0 Å². The zero-order chi connectivity index (χ0) is 37.0. The highest BCUT2D eigenvalue weighted by Crippen LogP contribution is 2.43. The Labute approximate surface area is 322 Å². The number of rotatable bonds is 6. The quantitative estimate of drug-likeness (QED) is 0.171. The molecule has 0 saturated carbocycles. The maximum Gasteiger partial charge on any atom is 0.153 e. The number of pyridine rings is 3. The third-order valence-corrected chi connectivity index (χ3v) is 10.7. The Morgan fingerprint density at radius 2 is 0.893 bits per heavy atom. The Morgan fingerprint density at radius 1 is 0.321 bits per heavy atom. The molecule has 262 valence electrons. The van der Waals surface area contributed by atoms with Crippen LogP contribution in [0.2, 0.25) is 0 Å². The molecule has 0 unspecified atom stereocenters. The van der Waals surface area contributed by atoms with Crippen molar-refractivity contribution >= 4 is 43.9 Å². The number of fused-ring (bicyclic) bond motifs is 6. The van der Waals surface area contributed by atoms with Crippen LogP contribution < -0.4 is 0 Å². The molecule has 0 saturated heterocycles. The Balaban J connectivity index is 1.07. The molecular weight excluding hydrogens is 687 g/mol. The minimum atomic E-state index is 0.777. The van der Waals surface area contributed by atoms with E-state index in [-0.39, 0.29) is 0 Å². The summed E-state index contributed by atoms with van der Waals surface area (Å²) in [6, 6.07) is 56.9. The highest BCUT2D eigenvalue weighted by Gasteiger charge is 2.18. The Bertz CT molecular complexity index is 3120. The van der Waals surface area contributed by atoms with E-state index in [2.05, 4.69) is 120 Å². The van der Waals surface area contributed by atoms with Crippen LogP contribution in [0.5, 0.6) is 0 Å². The van der Waals surface area contributed by atoms with E-state index in [0.29, 0.717) is 0 Å². The van der Waals surface area contributed by atoms with Crippen molar-refractivity contribution < 1.29 is 8.83 Å². The SMILES string of the molecule is c1ccc(-c2ccc(-c3cc(-c4ccc(-c5ccccc5)nc4)cc(-c4cccc5c4oc4c(-c6ccc7oc8cnccc8c7c6)cccc45)c3)cn2)cc1. The fraction of sp³-hybridized carbons (Fsp3) is 0. The van der Waals surface area contributed by atoms with Crippen molar-refractivity contribution in [3.8, 4) is 67.0 Å². The van der Waals surface area contributed by atoms with E-state index in [9.17, 15) is 0 Å². The summed E-state index contributed by atoms with van der Waals surface area (Å²) >= 11 is 0. The van der Waals surface area contributed by atoms with Gasteiger partial charge in [0.25, 0.3) is 0 Å². The van der Waals surface area contributed by atoms with E-state index < -0.39 is 0 Å². The second-order valence-electron chi connectivity index (χ2n) is 14.0. The third kappa shape index (κ3) is 5.45. The van der Waals surface area contributed by atoms with Gasteiger partial charge < -0.3 is 8.83 Å². The number of benzene rings is 6. The first kappa shape index (κ1) is 31.9. The average molecular weight is 718 g/mol. The predicted octanol–water partition coefficient (Wildman–Crippen LogP) is 13.7. The molecule has 56 heavy (non-hydrogen) atoms. The first-order valence-corrected chi connectivity index (χ1v) is 18.6. The number of hydrogen-bond acceptors (Lipinski definition) is 5. The minimum Gasteiger partial charge on any atom is -0.455 e. The number of nitrogens with zero attached hydrogens (tertiary/aromatic N) is 3. The van der Waals surface area contributed by atoms with Crippen molar-refractivity contribution in [2.75, 3.05) is 0 Å². The summed E-state index contributed by atoms with van der Waals surface area (Å²) in [4.78, 5) is 14.0. The topological polar surface area (TPSA) is 65.0 Å². The van der Waals surface area contributed by atoms with Gasteiger partial charge in [0.05, 0.1) is 17.6 Å². The summed E-state index contributed by atoms with van der Waals surface area (Å²) in [5.74, 6) is 0. The Kier molecular flexibility index (Phi) is 7.42. The number of hydrogen-bond donors (Lipinski definition) is 0. The van der Waals surface area contributed by atoms with Gasteiger partial charge >= 0.3 is 0 Å². The van der Waals surface area contributed by atoms with Gasteiger partial charge in [-0.15, -0.1) is 0 Å². The molecule has 5 heterocycles. The lowest BCUT2D eigenvalue weighted by Crippen LogP contribution is -1.90. The zero-order valence-corrected chi connectivity index (χ0v) is 30.1. The van der Waals surface area contributed by atoms with Crippen LogP contribution in [0.3, 0.4) is 0 Å². The monoisotopic (exact) mass is 717 g/mol. The molecule has 11 aromatic rings. The van der Waals surface area contributed by atoms with Gasteiger partial charge in [-0.1, -0.05) is 115 Å². The molecule has 0 amide bonds. The van der Waals surface area contributed by atoms with Crippen molar-refractivity contribution in [1.82, 2.24) is 15.0 Å². The lowest BCUT2D eigenvalue weighted by molar-refractivity contribution is 0.666. The summed E-state index contributed by atoms with van der Waals surface area (Å²) in [6.07, 6.45) is 7.50. The average Bonchev–Trinajstić information content (AvgIpc) is 3.85. The minimum absolute atomic E-state index is 0.777. The highest BCUT2D eigenvalue weighted by atomic mass is 16.3. The van der Waals surface area contributed by atoms with Gasteiger partial charge in [-0.25, -0.2) is 0 Å². The highest BCUT2D eigenvalue weighted by molar-refractivity contribution is 6.14. The van der Waals surface area contributed by atoms with Crippen LogP contribution in [-0.2, 0) is 0 Å². The lowest BCUT2D eigenvalue weighted by atomic mass is 9.93. The van der Waals surface area contributed by atoms with Gasteiger partial charge in [0.15, 0.2) is 5.58 Å². The van der Waals surface area contributed by atoms with Gasteiger partial charge in [-0.2, -0.15) is 0 Å². The molecule has 5 aromatic heterocycles. The van der Waals surface area contributed by atoms with Crippen molar-refractivity contribution in [3.63, 3.8) is 0 Å². The molecule has 0 aliphatic rings. The van der Waals surface area contributed by atoms with Gasteiger partial charge in [0.2, 0.25) is 0 Å². The van der Waals surface area contributed by atoms with Crippen molar-refractivity contribution in [3.05, 3.63) is 189 Å². The largest absolute Gasteiger partial charge is 0.455 e. The number of furan rings is 2. The molecular formula is C51H31N3O2. The Hall–Kier alpha value is -7.63. The van der Waals surface area contributed by atoms with Crippen LogP contribution in [0.4, 0.5) is 0 Å². The van der Waals surface area contributed by atoms with E-state index in [1.54, 1.807) is 12.4 Å². The van der Waals surface area contributed by atoms with Crippen LogP contribution in [0.1, 0.15) is 0 Å². The second kappa shape index (κ2) is 13.0. The van der Waals surface area contributed by atoms with E-state index in [0.717, 1.165) is 111 Å². The third-order valence-electron chi connectivity index (χ3n) is 10.7. The first-order chi connectivity index (χ1) is 27.7. The summed E-state index contributed by atoms with van der Waals surface area (Å²) in [7, 11) is 0. The fourth-order valence-electron chi connectivity index (χ4n) is 7.88. The maximum absolute atomic E-state index is 6.97. The molecule has 0 aliphatic carbocycles. The van der Waals surface area contributed by atoms with Gasteiger partial charge in [0, 0.05) is 73.5 Å². The maximum atomic E-state index is 6.97. The second-order valence-corrected chi connectivity index (χ2v) is 14.0. The van der Waals surface area contributed by atoms with Crippen molar-refractivity contribution in [1.29, 1.82) is 0 Å². The summed E-state index contributed by atoms with van der Waals surface area (Å²) in [5, 5.41) is 4.23. The molecule has 0 spiro atoms. The molecule has 6 aromatic carbocycles. The van der Waals surface area contributed by atoms with Crippen LogP contribution in [0.15, 0.2) is 197 Å². The predicted molar refractivity (Wildman–Crippen MR) is 227 cm³/mol. The molecule has 0 bridgehead atoms. The zero-order valence-electron chi connectivity index (χ0n) is 30.1. The Morgan fingerprint density at radius 3 is 1.48 bits per heavy atom. The van der Waals surface area contributed by atoms with E-state index in [1.165, 1.54) is 0 Å². The molecule has 0 fully saturated rings. The summed E-state index contributed by atoms with van der Waals surface area (Å²) < 4.78 is 13.1. The van der Waals surface area contributed by atoms with E-state index in [4.69, 9.17) is 18.8 Å². The number of para-hydroxylation sites is 2. The van der Waals surface area contributed by atoms with Gasteiger partial charge in [0.1, 0.15) is 16.7 Å². The standard InChI is InChI=1S/C51H31N3O2/c1-3-9-32(10-4-1)46-20-17-35(29-53-46)37-25-38(36-18-21-47(54-30-36)33-11-5-2-6-12-33)27-39(26-37)41-14-8-16-44-43-15-7-13-40(50(43)56-51(41)44)34-19-22-48-45(28-34)42-23-24-52-31-49(42)55-48/h1-31H. The molecule has 0 atom stereocenters. The van der Waals surface area contributed by atoms with Crippen LogP contribution in [0.25, 0.3) is 111 Å². The first-order valence-electron chi connectivity index (χ1n) is 18.6. The smallest absolute Gasteiger partial charge is 0.153 e. The van der Waals surface area contributed by atoms with Crippen LogP contribution in [0, 0.1) is 0 Å². The summed E-state index contributed by atoms with van der Waals surface area (Å²) in [5.41, 5.74) is 15.7. The van der Waals surface area contributed by atoms with Crippen LogP contribution in [-0.4, -0.2) is 15.0 Å². The van der Waals surface area contributed by atoms with Crippen molar-refractivity contribution in [2.24, 2.45) is 0 Å². The fourth-order valence-corrected chi connectivity index (χ4v) is 7.88. The molecule has 0 aliphatic heterocycles. The molecule has 0 N–H and O–H groups in total. The molecule has 5 heteroatoms. The molecule has 11 rings (SSSR count). The van der Waals surface area contributed by atoms with Gasteiger partial charge in [-0.3, -0.25) is 15.0 Å². The number of aromatic nitrogens is 3. The van der Waals surface area contributed by atoms with E-state index in [1.807, 2.05) is 60.9 Å². The van der Waals surface area contributed by atoms with Gasteiger partial charge in [-0.05, 0) is 70.8 Å². The molecule has 0 radical (unpaired) electrons. The van der Waals surface area contributed by atoms with Crippen LogP contribution >= 0.6 is 0 Å². The normalized spacial score (nSPS) is 11.6. The lowest BCUT2D eigenvalue weighted by Gasteiger charge is -2.12. The molecule has 5 nitrogen and oxygen atoms in total. The van der Waals surface area contributed by atoms with Crippen molar-refractivity contribution in [2.45, 2.75) is 0 Å². The summed E-state index contributed by atoms with van der Waals surface area (Å²) in [6.45, 7) is 0.